The van der Waals surface area contributed by atoms with Gasteiger partial charge >= 0.3 is 0 Å². The second kappa shape index (κ2) is 5.46. The van der Waals surface area contributed by atoms with Crippen molar-refractivity contribution in [1.29, 1.82) is 0 Å². The first-order valence-electron chi connectivity index (χ1n) is 6.01. The molecule has 0 aromatic heterocycles. The van der Waals surface area contributed by atoms with Gasteiger partial charge in [0.1, 0.15) is 5.78 Å². The van der Waals surface area contributed by atoms with E-state index in [2.05, 4.69) is 7.05 Å². The molecule has 1 saturated heterocycles. The molecule has 0 aromatic rings. The maximum absolute atomic E-state index is 11.2. The SMILES string of the molecule is CC(=O)C1CC[N+](C)(CCCS(=O)(=O)O)CC1. The molecule has 100 valence electrons. The molecule has 0 radical (unpaired) electrons. The summed E-state index contributed by atoms with van der Waals surface area (Å²) in [5.74, 6) is 0.272. The summed E-state index contributed by atoms with van der Waals surface area (Å²) in [6.07, 6.45) is 2.25. The predicted octanol–water partition coefficient (Wildman–Crippen LogP) is 0.710. The number of quaternary nitrogens is 1. The fraction of sp³-hybridized carbons (Fsp3) is 0.909. The van der Waals surface area contributed by atoms with Gasteiger partial charge in [-0.2, -0.15) is 8.42 Å². The second-order valence-electron chi connectivity index (χ2n) is 5.31. The Hall–Kier alpha value is -0.460. The van der Waals surface area contributed by atoms with Gasteiger partial charge in [-0.15, -0.1) is 0 Å². The van der Waals surface area contributed by atoms with E-state index < -0.39 is 10.1 Å². The van der Waals surface area contributed by atoms with Gasteiger partial charge in [-0.25, -0.2) is 0 Å². The lowest BCUT2D eigenvalue weighted by molar-refractivity contribution is -0.914. The first-order chi connectivity index (χ1) is 7.72. The van der Waals surface area contributed by atoms with Gasteiger partial charge in [-0.3, -0.25) is 9.35 Å². The molecule has 0 atom stereocenters. The summed E-state index contributed by atoms with van der Waals surface area (Å²) in [4.78, 5) is 11.2. The first-order valence-corrected chi connectivity index (χ1v) is 7.62. The fourth-order valence-corrected chi connectivity index (χ4v) is 2.94. The Morgan fingerprint density at radius 2 is 1.88 bits per heavy atom. The van der Waals surface area contributed by atoms with Crippen LogP contribution in [0.15, 0.2) is 0 Å². The number of piperidine rings is 1. The molecule has 17 heavy (non-hydrogen) atoms. The Bertz CT molecular complexity index is 369. The van der Waals surface area contributed by atoms with Crippen molar-refractivity contribution in [2.75, 3.05) is 32.4 Å². The van der Waals surface area contributed by atoms with Crippen LogP contribution in [0.25, 0.3) is 0 Å². The zero-order valence-electron chi connectivity index (χ0n) is 10.6. The molecule has 0 spiro atoms. The first kappa shape index (κ1) is 14.6. The van der Waals surface area contributed by atoms with Crippen LogP contribution in [0.2, 0.25) is 0 Å². The summed E-state index contributed by atoms with van der Waals surface area (Å²) >= 11 is 0. The number of rotatable bonds is 5. The Morgan fingerprint density at radius 3 is 2.29 bits per heavy atom. The third-order valence-corrected chi connectivity index (χ3v) is 4.51. The predicted molar refractivity (Wildman–Crippen MR) is 65.2 cm³/mol. The average Bonchev–Trinajstić information content (AvgIpc) is 2.15. The van der Waals surface area contributed by atoms with Crippen molar-refractivity contribution in [3.63, 3.8) is 0 Å². The highest BCUT2D eigenvalue weighted by molar-refractivity contribution is 7.85. The summed E-state index contributed by atoms with van der Waals surface area (Å²) in [6.45, 7) is 4.20. The smallest absolute Gasteiger partial charge is 0.265 e. The number of hydrogen-bond acceptors (Lipinski definition) is 3. The van der Waals surface area contributed by atoms with Gasteiger partial charge in [0.15, 0.2) is 0 Å². The zero-order valence-corrected chi connectivity index (χ0v) is 11.4. The van der Waals surface area contributed by atoms with Gasteiger partial charge in [0.2, 0.25) is 0 Å². The van der Waals surface area contributed by atoms with Crippen LogP contribution in [0, 0.1) is 5.92 Å². The van der Waals surface area contributed by atoms with Crippen LogP contribution >= 0.6 is 0 Å². The van der Waals surface area contributed by atoms with E-state index in [-0.39, 0.29) is 17.5 Å². The van der Waals surface area contributed by atoms with Gasteiger partial charge in [0.25, 0.3) is 10.1 Å². The van der Waals surface area contributed by atoms with Crippen LogP contribution < -0.4 is 0 Å². The summed E-state index contributed by atoms with van der Waals surface area (Å²) in [6, 6.07) is 0. The molecule has 1 aliphatic rings. The molecule has 0 unspecified atom stereocenters. The summed E-state index contributed by atoms with van der Waals surface area (Å²) in [7, 11) is -1.76. The van der Waals surface area contributed by atoms with E-state index in [4.69, 9.17) is 4.55 Å². The van der Waals surface area contributed by atoms with Gasteiger partial charge in [-0.1, -0.05) is 0 Å². The Kier molecular flexibility index (Phi) is 4.69. The van der Waals surface area contributed by atoms with Crippen LogP contribution in [0.3, 0.4) is 0 Å². The minimum atomic E-state index is -3.84. The van der Waals surface area contributed by atoms with E-state index in [1.165, 1.54) is 0 Å². The molecule has 1 aliphatic heterocycles. The van der Waals surface area contributed by atoms with Gasteiger partial charge in [0.05, 0.1) is 32.4 Å². The van der Waals surface area contributed by atoms with Crippen LogP contribution in [-0.2, 0) is 14.9 Å². The number of carbonyl (C=O) groups excluding carboxylic acids is 1. The number of likely N-dealkylation sites (tertiary alicyclic amines) is 1. The lowest BCUT2D eigenvalue weighted by atomic mass is 9.92. The number of ketones is 1. The van der Waals surface area contributed by atoms with Crippen molar-refractivity contribution in [3.8, 4) is 0 Å². The fourth-order valence-electron chi connectivity index (χ4n) is 2.45. The lowest BCUT2D eigenvalue weighted by Crippen LogP contribution is -2.51. The maximum Gasteiger partial charge on any atom is 0.265 e. The topological polar surface area (TPSA) is 71.4 Å². The number of Topliss-reactive ketones (excluding diaryl/α,β-unsaturated/α-hetero) is 1. The minimum absolute atomic E-state index is 0.170. The van der Waals surface area contributed by atoms with Crippen molar-refractivity contribution < 1.29 is 22.2 Å². The molecule has 1 rings (SSSR count). The second-order valence-corrected chi connectivity index (χ2v) is 6.89. The molecule has 1 N–H and O–H groups in total. The molecule has 0 aliphatic carbocycles. The highest BCUT2D eigenvalue weighted by atomic mass is 32.2. The van der Waals surface area contributed by atoms with E-state index in [1.807, 2.05) is 0 Å². The standard InChI is InChI=1S/C11H21NO4S/c1-10(13)11-4-7-12(2,8-5-11)6-3-9-17(14,15)16/h11H,3-9H2,1-2H3/p+1. The van der Waals surface area contributed by atoms with Crippen LogP contribution in [-0.4, -0.2) is 55.7 Å². The Morgan fingerprint density at radius 1 is 1.35 bits per heavy atom. The van der Waals surface area contributed by atoms with Gasteiger partial charge in [0, 0.05) is 25.2 Å². The minimum Gasteiger partial charge on any atom is -0.326 e. The molecule has 0 bridgehead atoms. The summed E-state index contributed by atoms with van der Waals surface area (Å²) in [5.41, 5.74) is 0. The van der Waals surface area contributed by atoms with Crippen LogP contribution in [0.4, 0.5) is 0 Å². The van der Waals surface area contributed by atoms with E-state index in [9.17, 15) is 13.2 Å². The van der Waals surface area contributed by atoms with E-state index in [0.29, 0.717) is 6.42 Å². The van der Waals surface area contributed by atoms with Crippen LogP contribution in [0.1, 0.15) is 26.2 Å². The maximum atomic E-state index is 11.2. The largest absolute Gasteiger partial charge is 0.326 e. The molecular formula is C11H22NO4S+. The van der Waals surface area contributed by atoms with Crippen molar-refractivity contribution in [3.05, 3.63) is 0 Å². The van der Waals surface area contributed by atoms with E-state index >= 15 is 0 Å². The third-order valence-electron chi connectivity index (χ3n) is 3.71. The highest BCUT2D eigenvalue weighted by Gasteiger charge is 2.31. The molecule has 0 amide bonds. The zero-order chi connectivity index (χ0) is 13.1. The molecular weight excluding hydrogens is 242 g/mol. The van der Waals surface area contributed by atoms with Crippen molar-refractivity contribution in [2.45, 2.75) is 26.2 Å². The molecule has 1 fully saturated rings. The van der Waals surface area contributed by atoms with E-state index in [0.717, 1.165) is 37.0 Å². The van der Waals surface area contributed by atoms with Crippen molar-refractivity contribution in [1.82, 2.24) is 0 Å². The number of hydrogen-bond donors (Lipinski definition) is 1. The summed E-state index contributed by atoms with van der Waals surface area (Å²) < 4.78 is 30.7. The van der Waals surface area contributed by atoms with Gasteiger partial charge in [-0.05, 0) is 6.92 Å². The molecule has 5 nitrogen and oxygen atoms in total. The monoisotopic (exact) mass is 264 g/mol. The number of carbonyl (C=O) groups is 1. The average molecular weight is 264 g/mol. The van der Waals surface area contributed by atoms with Gasteiger partial charge < -0.3 is 4.48 Å². The lowest BCUT2D eigenvalue weighted by Gasteiger charge is -2.40. The Balaban J connectivity index is 2.37. The van der Waals surface area contributed by atoms with E-state index in [1.54, 1.807) is 6.92 Å². The Labute approximate surface area is 103 Å². The number of nitrogens with zero attached hydrogens (tertiary/aromatic N) is 1. The molecule has 6 heteroatoms. The van der Waals surface area contributed by atoms with Crippen LogP contribution in [0.5, 0.6) is 0 Å². The normalized spacial score (nSPS) is 30.2. The molecule has 1 heterocycles. The highest BCUT2D eigenvalue weighted by Crippen LogP contribution is 2.23. The summed E-state index contributed by atoms with van der Waals surface area (Å²) in [5, 5.41) is 0. The third kappa shape index (κ3) is 5.14. The van der Waals surface area contributed by atoms with Crippen molar-refractivity contribution in [2.24, 2.45) is 5.92 Å². The molecule has 0 aromatic carbocycles. The van der Waals surface area contributed by atoms with Crippen molar-refractivity contribution >= 4 is 15.9 Å². The molecule has 0 saturated carbocycles. The quantitative estimate of drug-likeness (QED) is 0.586.